The molecule has 1 aliphatic carbocycles. The van der Waals surface area contributed by atoms with Gasteiger partial charge < -0.3 is 23.7 Å². The van der Waals surface area contributed by atoms with Crippen LogP contribution in [0.4, 0.5) is 10.1 Å². The second-order valence-corrected chi connectivity index (χ2v) is 15.5. The fraction of sp³-hybridized carbons (Fsp3) is 0.514. The van der Waals surface area contributed by atoms with E-state index in [1.54, 1.807) is 7.11 Å². The average Bonchev–Trinajstić information content (AvgIpc) is 3.70. The van der Waals surface area contributed by atoms with Crippen LogP contribution >= 0.6 is 0 Å². The first kappa shape index (κ1) is 30.7. The van der Waals surface area contributed by atoms with Gasteiger partial charge in [-0.05, 0) is 74.9 Å². The number of likely N-dealkylation sites (N-methyl/N-ethyl adjacent to an activating group) is 1. The Balaban J connectivity index is 1.16. The number of carbonyl (C=O) groups excluding carboxylic acids is 2. The second-order valence-electron chi connectivity index (χ2n) is 13.8. The summed E-state index contributed by atoms with van der Waals surface area (Å²) in [5.41, 5.74) is 2.18. The lowest BCUT2D eigenvalue weighted by atomic mass is 9.92. The fourth-order valence-electron chi connectivity index (χ4n) is 7.73. The van der Waals surface area contributed by atoms with E-state index in [-0.39, 0.29) is 56.0 Å². The lowest BCUT2D eigenvalue weighted by molar-refractivity contribution is 0.0727. The number of hydrogen-bond donors (Lipinski definition) is 1. The minimum Gasteiger partial charge on any atom is -0.496 e. The number of ether oxygens (including phenoxy) is 2. The number of carbonyl (C=O) groups is 2. The van der Waals surface area contributed by atoms with E-state index in [1.165, 1.54) is 4.90 Å². The van der Waals surface area contributed by atoms with Crippen LogP contribution in [0.3, 0.4) is 0 Å². The van der Waals surface area contributed by atoms with E-state index in [9.17, 15) is 22.8 Å². The lowest BCUT2D eigenvalue weighted by Crippen LogP contribution is -2.53. The Bertz CT molecular complexity index is 2170. The molecule has 1 aromatic heterocycles. The molecule has 2 unspecified atom stereocenters. The second kappa shape index (κ2) is 12.9. The van der Waals surface area contributed by atoms with Gasteiger partial charge in [-0.15, -0.1) is 0 Å². The summed E-state index contributed by atoms with van der Waals surface area (Å²) >= 11 is 0. The van der Waals surface area contributed by atoms with Crippen LogP contribution in [-0.2, 0) is 27.9 Å². The third kappa shape index (κ3) is 6.03. The SMILES string of the molecule is [2H]C([2H])([2H])Oc1cc(C(=O)N2CCc3c(c(=O)oc4c(C)c(N5CCN(C)[C@@H](COC)C5)cc(C)c34)C2)c(F)cc1C(=O)NS(=O)(=O)N1CC2CC2C1. The van der Waals surface area contributed by atoms with Gasteiger partial charge in [-0.1, -0.05) is 0 Å². The molecule has 0 spiro atoms. The number of nitrogens with one attached hydrogen (secondary N) is 1. The maximum Gasteiger partial charge on any atom is 0.341 e. The summed E-state index contributed by atoms with van der Waals surface area (Å²) < 4.78 is 83.6. The standard InChI is InChI=1S/C35H42FN5O8S/c1-19-10-29(39-9-8-38(3)23(16-39)18-47-4)20(2)32-31(19)24-6-7-40(17-27(24)35(44)49-32)34(43)25-13-30(48-5)26(12-28(25)36)33(42)37-50(45,46)41-14-21-11-22(21)15-41/h10,12-13,21-23H,6-9,11,14-18H2,1-5H3,(H,37,42)/t21?,22?,23-/m1/s1/i5D3. The molecule has 50 heavy (non-hydrogen) atoms. The number of benzene rings is 2. The van der Waals surface area contributed by atoms with E-state index in [2.05, 4.69) is 22.9 Å². The maximum atomic E-state index is 15.7. The lowest BCUT2D eigenvalue weighted by Gasteiger charge is -2.41. The van der Waals surface area contributed by atoms with Crippen molar-refractivity contribution in [2.75, 3.05) is 72.0 Å². The van der Waals surface area contributed by atoms with Gasteiger partial charge in [-0.2, -0.15) is 12.7 Å². The predicted octanol–water partition coefficient (Wildman–Crippen LogP) is 2.45. The molecule has 3 atom stereocenters. The minimum absolute atomic E-state index is 0.0923. The van der Waals surface area contributed by atoms with Gasteiger partial charge in [0, 0.05) is 63.0 Å². The van der Waals surface area contributed by atoms with Gasteiger partial charge >= 0.3 is 15.8 Å². The zero-order chi connectivity index (χ0) is 38.1. The smallest absolute Gasteiger partial charge is 0.341 e. The summed E-state index contributed by atoms with van der Waals surface area (Å²) in [7, 11) is -3.68. The minimum atomic E-state index is -4.30. The third-order valence-corrected chi connectivity index (χ3v) is 12.1. The summed E-state index contributed by atoms with van der Waals surface area (Å²) in [6, 6.07) is 3.64. The maximum absolute atomic E-state index is 15.7. The van der Waals surface area contributed by atoms with Crippen LogP contribution < -0.4 is 20.0 Å². The Labute approximate surface area is 294 Å². The summed E-state index contributed by atoms with van der Waals surface area (Å²) in [5, 5.41) is 0.784. The number of hydrogen-bond acceptors (Lipinski definition) is 10. The number of piperazine rings is 1. The molecule has 2 saturated heterocycles. The number of amides is 2. The van der Waals surface area contributed by atoms with E-state index in [0.29, 0.717) is 18.3 Å². The van der Waals surface area contributed by atoms with Crippen molar-refractivity contribution in [3.8, 4) is 5.75 Å². The molecule has 1 saturated carbocycles. The summed E-state index contributed by atoms with van der Waals surface area (Å²) in [6.45, 7) is 7.18. The van der Waals surface area contributed by atoms with Gasteiger partial charge in [-0.25, -0.2) is 13.9 Å². The van der Waals surface area contributed by atoms with Gasteiger partial charge in [0.25, 0.3) is 11.8 Å². The van der Waals surface area contributed by atoms with Crippen LogP contribution in [-0.4, -0.2) is 107 Å². The van der Waals surface area contributed by atoms with Crippen LogP contribution in [0.1, 0.15) is 53.5 Å². The Morgan fingerprint density at radius 2 is 1.84 bits per heavy atom. The largest absolute Gasteiger partial charge is 0.496 e. The number of fused-ring (bicyclic) bond motifs is 4. The third-order valence-electron chi connectivity index (χ3n) is 10.7. The van der Waals surface area contributed by atoms with Crippen LogP contribution in [0.5, 0.6) is 5.75 Å². The molecule has 13 nitrogen and oxygen atoms in total. The Hall–Kier alpha value is -4.05. The molecule has 2 amide bonds. The molecule has 15 heteroatoms. The van der Waals surface area contributed by atoms with Crippen molar-refractivity contribution in [3.63, 3.8) is 0 Å². The van der Waals surface area contributed by atoms with Crippen molar-refractivity contribution in [1.82, 2.24) is 18.8 Å². The van der Waals surface area contributed by atoms with E-state index in [4.69, 9.17) is 18.0 Å². The Morgan fingerprint density at radius 1 is 1.08 bits per heavy atom. The highest BCUT2D eigenvalue weighted by Crippen LogP contribution is 2.45. The normalized spacial score (nSPS) is 23.5. The Morgan fingerprint density at radius 3 is 2.56 bits per heavy atom. The number of anilines is 1. The number of aryl methyl sites for hydroxylation is 2. The molecule has 0 radical (unpaired) electrons. The molecule has 3 fully saturated rings. The highest BCUT2D eigenvalue weighted by molar-refractivity contribution is 7.87. The van der Waals surface area contributed by atoms with Crippen molar-refractivity contribution < 1.29 is 40.4 Å². The van der Waals surface area contributed by atoms with E-state index < -0.39 is 57.4 Å². The van der Waals surface area contributed by atoms with Crippen LogP contribution in [0.25, 0.3) is 11.0 Å². The molecule has 7 rings (SSSR count). The van der Waals surface area contributed by atoms with E-state index in [0.717, 1.165) is 64.2 Å². The molecule has 268 valence electrons. The van der Waals surface area contributed by atoms with Crippen molar-refractivity contribution in [1.29, 1.82) is 0 Å². The molecule has 2 aromatic carbocycles. The predicted molar refractivity (Wildman–Crippen MR) is 183 cm³/mol. The molecule has 0 bridgehead atoms. The van der Waals surface area contributed by atoms with Gasteiger partial charge in [0.05, 0.1) is 47.0 Å². The summed E-state index contributed by atoms with van der Waals surface area (Å²) in [4.78, 5) is 46.3. The molecule has 4 aliphatic rings. The number of methoxy groups -OCH3 is 2. The van der Waals surface area contributed by atoms with Crippen molar-refractivity contribution in [2.45, 2.75) is 39.3 Å². The molecular weight excluding hydrogens is 669 g/mol. The van der Waals surface area contributed by atoms with Gasteiger partial charge in [-0.3, -0.25) is 14.5 Å². The highest BCUT2D eigenvalue weighted by Gasteiger charge is 2.49. The number of rotatable bonds is 8. The number of halogens is 1. The highest BCUT2D eigenvalue weighted by atomic mass is 32.2. The topological polar surface area (TPSA) is 142 Å². The van der Waals surface area contributed by atoms with Crippen LogP contribution in [0, 0.1) is 31.5 Å². The Kier molecular flexibility index (Phi) is 7.95. The van der Waals surface area contributed by atoms with Crippen molar-refractivity contribution >= 4 is 38.7 Å². The average molecular weight is 715 g/mol. The van der Waals surface area contributed by atoms with Crippen LogP contribution in [0.15, 0.2) is 27.4 Å². The van der Waals surface area contributed by atoms with E-state index in [1.807, 2.05) is 18.6 Å². The molecule has 3 aromatic rings. The van der Waals surface area contributed by atoms with Gasteiger partial charge in [0.2, 0.25) is 0 Å². The zero-order valence-corrected chi connectivity index (χ0v) is 29.2. The number of piperidine rings is 1. The van der Waals surface area contributed by atoms with Crippen LogP contribution in [0.2, 0.25) is 0 Å². The van der Waals surface area contributed by atoms with Gasteiger partial charge in [0.15, 0.2) is 0 Å². The van der Waals surface area contributed by atoms with Crippen molar-refractivity contribution in [2.24, 2.45) is 11.8 Å². The first-order chi connectivity index (χ1) is 25.0. The van der Waals surface area contributed by atoms with Crippen molar-refractivity contribution in [3.05, 3.63) is 67.8 Å². The molecular formula is C35H42FN5O8S. The molecule has 3 aliphatic heterocycles. The molecule has 1 N–H and O–H groups in total. The first-order valence-corrected chi connectivity index (χ1v) is 18.1. The first-order valence-electron chi connectivity index (χ1n) is 18.1. The molecule has 4 heterocycles. The summed E-state index contributed by atoms with van der Waals surface area (Å²) in [6.07, 6.45) is 1.17. The number of nitrogens with zero attached hydrogens (tertiary/aromatic N) is 4. The van der Waals surface area contributed by atoms with Gasteiger partial charge in [0.1, 0.15) is 17.1 Å². The zero-order valence-electron chi connectivity index (χ0n) is 31.4. The quantitative estimate of drug-likeness (QED) is 0.346. The fourth-order valence-corrected chi connectivity index (χ4v) is 8.98. The van der Waals surface area contributed by atoms with E-state index >= 15 is 4.39 Å². The summed E-state index contributed by atoms with van der Waals surface area (Å²) in [5.74, 6) is -3.64. The monoisotopic (exact) mass is 714 g/mol.